The maximum Gasteiger partial charge on any atom is 0.265 e. The number of nitrogens with zero attached hydrogens (tertiary/aromatic N) is 2. The van der Waals surface area contributed by atoms with Gasteiger partial charge in [-0.3, -0.25) is 9.36 Å². The molecule has 94 valence electrons. The van der Waals surface area contributed by atoms with Gasteiger partial charge in [0.15, 0.2) is 0 Å². The van der Waals surface area contributed by atoms with Crippen molar-refractivity contribution in [2.24, 2.45) is 0 Å². The van der Waals surface area contributed by atoms with E-state index in [1.807, 2.05) is 0 Å². The third kappa shape index (κ3) is 1.71. The van der Waals surface area contributed by atoms with Crippen LogP contribution < -0.4 is 10.9 Å². The van der Waals surface area contributed by atoms with Gasteiger partial charge in [0, 0.05) is 6.54 Å². The maximum atomic E-state index is 13.7. The largest absolute Gasteiger partial charge is 0.315 e. The van der Waals surface area contributed by atoms with E-state index >= 15 is 0 Å². The van der Waals surface area contributed by atoms with Crippen molar-refractivity contribution in [1.82, 2.24) is 14.9 Å². The topological polar surface area (TPSA) is 46.9 Å². The highest BCUT2D eigenvalue weighted by molar-refractivity contribution is 6.28. The quantitative estimate of drug-likeness (QED) is 0.801. The number of nitrogens with one attached hydrogen (secondary N) is 1. The molecule has 4 nitrogen and oxygen atoms in total. The van der Waals surface area contributed by atoms with Gasteiger partial charge in [-0.25, -0.2) is 9.37 Å². The molecule has 1 aliphatic rings. The van der Waals surface area contributed by atoms with Crippen LogP contribution in [0, 0.1) is 5.82 Å². The first-order valence-electron chi connectivity index (χ1n) is 5.75. The van der Waals surface area contributed by atoms with Gasteiger partial charge >= 0.3 is 0 Å². The minimum absolute atomic E-state index is 0.00815. The van der Waals surface area contributed by atoms with Crippen LogP contribution in [0.1, 0.15) is 12.5 Å². The fourth-order valence-electron chi connectivity index (χ4n) is 2.35. The van der Waals surface area contributed by atoms with E-state index in [4.69, 9.17) is 11.6 Å². The molecule has 0 aliphatic carbocycles. The predicted molar refractivity (Wildman–Crippen MR) is 67.5 cm³/mol. The zero-order chi connectivity index (χ0) is 12.7. The standard InChI is InChI=1S/C12H11ClFN3O/c13-12-16-9-3-1-2-8(14)10(9)11(18)17(12)7-4-5-15-6-7/h1-3,7,15H,4-6H2. The van der Waals surface area contributed by atoms with E-state index in [1.165, 1.54) is 16.7 Å². The van der Waals surface area contributed by atoms with Gasteiger partial charge in [-0.05, 0) is 36.7 Å². The molecule has 1 aliphatic heterocycles. The summed E-state index contributed by atoms with van der Waals surface area (Å²) in [6, 6.07) is 4.31. The fourth-order valence-corrected chi connectivity index (χ4v) is 2.66. The van der Waals surface area contributed by atoms with Crippen molar-refractivity contribution in [3.63, 3.8) is 0 Å². The molecule has 0 saturated carbocycles. The van der Waals surface area contributed by atoms with Crippen molar-refractivity contribution in [3.8, 4) is 0 Å². The molecule has 1 aromatic heterocycles. The van der Waals surface area contributed by atoms with Crippen LogP contribution in [0.15, 0.2) is 23.0 Å². The van der Waals surface area contributed by atoms with Crippen LogP contribution in [0.2, 0.25) is 5.28 Å². The summed E-state index contributed by atoms with van der Waals surface area (Å²) >= 11 is 6.04. The van der Waals surface area contributed by atoms with Crippen molar-refractivity contribution < 1.29 is 4.39 Å². The Morgan fingerprint density at radius 3 is 3.06 bits per heavy atom. The monoisotopic (exact) mass is 267 g/mol. The Kier molecular flexibility index (Phi) is 2.80. The second kappa shape index (κ2) is 4.33. The third-order valence-corrected chi connectivity index (χ3v) is 3.50. The Hall–Kier alpha value is -1.46. The zero-order valence-corrected chi connectivity index (χ0v) is 10.2. The first-order chi connectivity index (χ1) is 8.68. The molecule has 1 aromatic carbocycles. The minimum atomic E-state index is -0.554. The molecule has 1 unspecified atom stereocenters. The summed E-state index contributed by atoms with van der Waals surface area (Å²) in [4.78, 5) is 16.4. The van der Waals surface area contributed by atoms with Gasteiger partial charge < -0.3 is 5.32 Å². The maximum absolute atomic E-state index is 13.7. The number of hydrogen-bond donors (Lipinski definition) is 1. The third-order valence-electron chi connectivity index (χ3n) is 3.24. The van der Waals surface area contributed by atoms with Crippen LogP contribution in [0.5, 0.6) is 0 Å². The van der Waals surface area contributed by atoms with E-state index < -0.39 is 11.4 Å². The normalized spacial score (nSPS) is 19.6. The summed E-state index contributed by atoms with van der Waals surface area (Å²) < 4.78 is 15.1. The van der Waals surface area contributed by atoms with Gasteiger partial charge in [0.25, 0.3) is 5.56 Å². The SMILES string of the molecule is O=c1c2c(F)cccc2nc(Cl)n1C1CCNC1. The van der Waals surface area contributed by atoms with Crippen molar-refractivity contribution in [2.75, 3.05) is 13.1 Å². The van der Waals surface area contributed by atoms with Gasteiger partial charge in [0.2, 0.25) is 5.28 Å². The van der Waals surface area contributed by atoms with Crippen LogP contribution in [0.4, 0.5) is 4.39 Å². The number of fused-ring (bicyclic) bond motifs is 1. The summed E-state index contributed by atoms with van der Waals surface area (Å²) in [7, 11) is 0. The molecule has 1 N–H and O–H groups in total. The summed E-state index contributed by atoms with van der Waals surface area (Å²) in [5.74, 6) is -0.554. The molecule has 0 spiro atoms. The summed E-state index contributed by atoms with van der Waals surface area (Å²) in [6.07, 6.45) is 0.793. The predicted octanol–water partition coefficient (Wildman–Crippen LogP) is 1.72. The Morgan fingerprint density at radius 1 is 1.50 bits per heavy atom. The second-order valence-corrected chi connectivity index (χ2v) is 4.67. The average Bonchev–Trinajstić information content (AvgIpc) is 2.82. The van der Waals surface area contributed by atoms with Crippen LogP contribution in [-0.2, 0) is 0 Å². The smallest absolute Gasteiger partial charge is 0.265 e. The molecule has 1 saturated heterocycles. The number of benzene rings is 1. The lowest BCUT2D eigenvalue weighted by Crippen LogP contribution is -2.28. The van der Waals surface area contributed by atoms with Gasteiger partial charge in [0.1, 0.15) is 11.2 Å². The van der Waals surface area contributed by atoms with E-state index in [2.05, 4.69) is 10.3 Å². The Bertz CT molecular complexity index is 664. The van der Waals surface area contributed by atoms with Gasteiger partial charge in [-0.15, -0.1) is 0 Å². The highest BCUT2D eigenvalue weighted by Gasteiger charge is 2.22. The Balaban J connectivity index is 2.32. The highest BCUT2D eigenvalue weighted by Crippen LogP contribution is 2.21. The van der Waals surface area contributed by atoms with Crippen LogP contribution in [0.25, 0.3) is 10.9 Å². The molecule has 0 radical (unpaired) electrons. The Labute approximate surface area is 107 Å². The molecular formula is C12H11ClFN3O. The number of rotatable bonds is 1. The van der Waals surface area contributed by atoms with Crippen LogP contribution >= 0.6 is 11.6 Å². The molecule has 3 rings (SSSR count). The Morgan fingerprint density at radius 2 is 2.33 bits per heavy atom. The lowest BCUT2D eigenvalue weighted by atomic mass is 10.2. The molecule has 1 fully saturated rings. The first kappa shape index (κ1) is 11.6. The van der Waals surface area contributed by atoms with Crippen molar-refractivity contribution in [1.29, 1.82) is 0 Å². The molecule has 2 aromatic rings. The second-order valence-electron chi connectivity index (χ2n) is 4.34. The molecular weight excluding hydrogens is 257 g/mol. The van der Waals surface area contributed by atoms with Crippen LogP contribution in [-0.4, -0.2) is 22.6 Å². The average molecular weight is 268 g/mol. The zero-order valence-electron chi connectivity index (χ0n) is 9.49. The minimum Gasteiger partial charge on any atom is -0.315 e. The molecule has 6 heteroatoms. The van der Waals surface area contributed by atoms with Crippen molar-refractivity contribution >= 4 is 22.5 Å². The molecule has 2 heterocycles. The molecule has 1 atom stereocenters. The van der Waals surface area contributed by atoms with Gasteiger partial charge in [-0.2, -0.15) is 0 Å². The summed E-state index contributed by atoms with van der Waals surface area (Å²) in [6.45, 7) is 1.48. The highest BCUT2D eigenvalue weighted by atomic mass is 35.5. The van der Waals surface area contributed by atoms with E-state index in [0.717, 1.165) is 13.0 Å². The lowest BCUT2D eigenvalue weighted by molar-refractivity contribution is 0.524. The van der Waals surface area contributed by atoms with Gasteiger partial charge in [-0.1, -0.05) is 6.07 Å². The van der Waals surface area contributed by atoms with E-state index in [-0.39, 0.29) is 16.7 Å². The first-order valence-corrected chi connectivity index (χ1v) is 6.13. The summed E-state index contributed by atoms with van der Waals surface area (Å²) in [5, 5.41) is 3.27. The van der Waals surface area contributed by atoms with E-state index in [0.29, 0.717) is 12.1 Å². The summed E-state index contributed by atoms with van der Waals surface area (Å²) in [5.41, 5.74) is -0.107. The van der Waals surface area contributed by atoms with Crippen molar-refractivity contribution in [3.05, 3.63) is 39.7 Å². The molecule has 0 amide bonds. The number of hydrogen-bond acceptors (Lipinski definition) is 3. The number of halogens is 2. The van der Waals surface area contributed by atoms with E-state index in [9.17, 15) is 9.18 Å². The van der Waals surface area contributed by atoms with Gasteiger partial charge in [0.05, 0.1) is 11.6 Å². The molecule has 18 heavy (non-hydrogen) atoms. The van der Waals surface area contributed by atoms with E-state index in [1.54, 1.807) is 6.07 Å². The number of aromatic nitrogens is 2. The molecule has 0 bridgehead atoms. The lowest BCUT2D eigenvalue weighted by Gasteiger charge is -2.15. The van der Waals surface area contributed by atoms with Crippen molar-refractivity contribution in [2.45, 2.75) is 12.5 Å². The van der Waals surface area contributed by atoms with Crippen LogP contribution in [0.3, 0.4) is 0 Å². The fraction of sp³-hybridized carbons (Fsp3) is 0.333.